The van der Waals surface area contributed by atoms with Crippen LogP contribution in [0.4, 0.5) is 0 Å². The molecule has 5 rings (SSSR count). The largest absolute Gasteiger partial charge is 0.485 e. The lowest BCUT2D eigenvalue weighted by Crippen LogP contribution is -2.42. The van der Waals surface area contributed by atoms with E-state index in [9.17, 15) is 4.79 Å². The van der Waals surface area contributed by atoms with Crippen molar-refractivity contribution in [3.8, 4) is 11.4 Å². The van der Waals surface area contributed by atoms with Crippen LogP contribution >= 0.6 is 0 Å². The minimum Gasteiger partial charge on any atom is -0.485 e. The highest BCUT2D eigenvalue weighted by molar-refractivity contribution is 5.94. The zero-order valence-corrected chi connectivity index (χ0v) is 14.6. The molecule has 132 valence electrons. The van der Waals surface area contributed by atoms with E-state index in [1.54, 1.807) is 6.33 Å². The number of amides is 1. The summed E-state index contributed by atoms with van der Waals surface area (Å²) in [5, 5.41) is 8.37. The Hall–Kier alpha value is -3.16. The number of benzene rings is 1. The molecule has 0 N–H and O–H groups in total. The Balaban J connectivity index is 1.51. The van der Waals surface area contributed by atoms with Crippen LogP contribution in [-0.4, -0.2) is 41.7 Å². The first-order valence-corrected chi connectivity index (χ1v) is 8.64. The Morgan fingerprint density at radius 3 is 2.96 bits per heavy atom. The molecule has 2 aromatic heterocycles. The number of ether oxygens (including phenoxy) is 1. The van der Waals surface area contributed by atoms with Crippen LogP contribution in [0.5, 0.6) is 5.75 Å². The maximum atomic E-state index is 13.2. The second kappa shape index (κ2) is 5.42. The van der Waals surface area contributed by atoms with E-state index in [2.05, 4.69) is 19.7 Å². The number of carbonyl (C=O) groups is 1. The van der Waals surface area contributed by atoms with Gasteiger partial charge in [0.2, 0.25) is 0 Å². The van der Waals surface area contributed by atoms with E-state index in [0.717, 1.165) is 28.8 Å². The van der Waals surface area contributed by atoms with Crippen LogP contribution in [0.25, 0.3) is 5.69 Å². The van der Waals surface area contributed by atoms with Crippen molar-refractivity contribution in [1.29, 1.82) is 0 Å². The van der Waals surface area contributed by atoms with E-state index in [-0.39, 0.29) is 11.9 Å². The van der Waals surface area contributed by atoms with Crippen molar-refractivity contribution in [1.82, 2.24) is 29.2 Å². The van der Waals surface area contributed by atoms with Crippen LogP contribution in [0, 0.1) is 6.92 Å². The number of rotatable bonds is 1. The van der Waals surface area contributed by atoms with Gasteiger partial charge in [0.1, 0.15) is 24.5 Å². The lowest BCUT2D eigenvalue weighted by atomic mass is 10.1. The van der Waals surface area contributed by atoms with Gasteiger partial charge in [0.15, 0.2) is 11.5 Å². The molecule has 0 spiro atoms. The van der Waals surface area contributed by atoms with Gasteiger partial charge in [0.05, 0.1) is 17.4 Å². The highest BCUT2D eigenvalue weighted by Gasteiger charge is 2.34. The topological polar surface area (TPSA) is 78.1 Å². The van der Waals surface area contributed by atoms with Gasteiger partial charge in [-0.1, -0.05) is 12.1 Å². The first-order chi connectivity index (χ1) is 12.6. The predicted octanol–water partition coefficient (Wildman–Crippen LogP) is 1.88. The van der Waals surface area contributed by atoms with Crippen molar-refractivity contribution < 1.29 is 9.53 Å². The van der Waals surface area contributed by atoms with Gasteiger partial charge in [-0.15, -0.1) is 10.2 Å². The number of imidazole rings is 1. The lowest BCUT2D eigenvalue weighted by Gasteiger charge is -2.33. The van der Waals surface area contributed by atoms with Gasteiger partial charge in [-0.2, -0.15) is 0 Å². The van der Waals surface area contributed by atoms with Crippen LogP contribution in [0.1, 0.15) is 40.8 Å². The fourth-order valence-corrected chi connectivity index (χ4v) is 3.76. The molecule has 8 nitrogen and oxygen atoms in total. The average Bonchev–Trinajstić information content (AvgIpc) is 3.26. The van der Waals surface area contributed by atoms with E-state index in [1.807, 2.05) is 47.6 Å². The summed E-state index contributed by atoms with van der Waals surface area (Å²) in [7, 11) is 0. The third-order valence-corrected chi connectivity index (χ3v) is 5.19. The smallest absolute Gasteiger partial charge is 0.275 e. The van der Waals surface area contributed by atoms with Crippen molar-refractivity contribution >= 4 is 5.91 Å². The standard InChI is InChI=1S/C18H18N6O2/c1-11-17-21-20-12(2)23(17)8-7-22(11)18(25)16-14-9-26-15-6-4-3-5-13(15)24(14)10-19-16/h3-6,10-11H,7-9H2,1-2H3. The predicted molar refractivity (Wildman–Crippen MR) is 92.1 cm³/mol. The number of hydrogen-bond donors (Lipinski definition) is 0. The lowest BCUT2D eigenvalue weighted by molar-refractivity contribution is 0.0627. The van der Waals surface area contributed by atoms with Crippen molar-refractivity contribution in [2.24, 2.45) is 0 Å². The molecule has 1 atom stereocenters. The molecule has 0 aliphatic carbocycles. The molecule has 8 heteroatoms. The molecule has 1 aromatic carbocycles. The van der Waals surface area contributed by atoms with Gasteiger partial charge in [-0.25, -0.2) is 4.98 Å². The first kappa shape index (κ1) is 15.1. The summed E-state index contributed by atoms with van der Waals surface area (Å²) in [6, 6.07) is 7.61. The molecule has 0 saturated heterocycles. The van der Waals surface area contributed by atoms with Crippen LogP contribution in [0.3, 0.4) is 0 Å². The van der Waals surface area contributed by atoms with E-state index >= 15 is 0 Å². The highest BCUT2D eigenvalue weighted by Crippen LogP contribution is 2.32. The summed E-state index contributed by atoms with van der Waals surface area (Å²) in [6.45, 7) is 5.54. The maximum Gasteiger partial charge on any atom is 0.275 e. The Morgan fingerprint density at radius 1 is 1.23 bits per heavy atom. The first-order valence-electron chi connectivity index (χ1n) is 8.64. The Kier molecular flexibility index (Phi) is 3.15. The summed E-state index contributed by atoms with van der Waals surface area (Å²) in [6.07, 6.45) is 1.70. The number of nitrogens with zero attached hydrogens (tertiary/aromatic N) is 6. The molecule has 0 bridgehead atoms. The van der Waals surface area contributed by atoms with Gasteiger partial charge in [-0.3, -0.25) is 9.36 Å². The molecule has 1 unspecified atom stereocenters. The Morgan fingerprint density at radius 2 is 2.08 bits per heavy atom. The van der Waals surface area contributed by atoms with E-state index < -0.39 is 0 Å². The van der Waals surface area contributed by atoms with Gasteiger partial charge in [-0.05, 0) is 26.0 Å². The third kappa shape index (κ3) is 2.01. The molecular weight excluding hydrogens is 332 g/mol. The summed E-state index contributed by atoms with van der Waals surface area (Å²) < 4.78 is 9.82. The molecule has 0 saturated carbocycles. The molecule has 1 amide bonds. The molecule has 0 fully saturated rings. The number of aromatic nitrogens is 5. The minimum absolute atomic E-state index is 0.0962. The molecular formula is C18H18N6O2. The number of aryl methyl sites for hydroxylation is 1. The fraction of sp³-hybridized carbons (Fsp3) is 0.333. The number of hydrogen-bond acceptors (Lipinski definition) is 5. The van der Waals surface area contributed by atoms with Crippen molar-refractivity contribution in [3.05, 3.63) is 53.6 Å². The number of fused-ring (bicyclic) bond motifs is 4. The average molecular weight is 350 g/mol. The third-order valence-electron chi connectivity index (χ3n) is 5.19. The quantitative estimate of drug-likeness (QED) is 0.670. The summed E-state index contributed by atoms with van der Waals surface area (Å²) in [4.78, 5) is 19.4. The Labute approximate surface area is 150 Å². The van der Waals surface area contributed by atoms with Gasteiger partial charge < -0.3 is 14.2 Å². The molecule has 4 heterocycles. The van der Waals surface area contributed by atoms with E-state index in [0.29, 0.717) is 25.4 Å². The van der Waals surface area contributed by atoms with Crippen molar-refractivity contribution in [2.75, 3.05) is 6.54 Å². The zero-order chi connectivity index (χ0) is 17.8. The maximum absolute atomic E-state index is 13.2. The van der Waals surface area contributed by atoms with Gasteiger partial charge in [0, 0.05) is 13.1 Å². The minimum atomic E-state index is -0.147. The SMILES string of the molecule is Cc1nnc2n1CCN(C(=O)c1ncn3c1COc1ccccc1-3)C2C. The van der Waals surface area contributed by atoms with Crippen LogP contribution < -0.4 is 4.74 Å². The van der Waals surface area contributed by atoms with Gasteiger partial charge >= 0.3 is 0 Å². The van der Waals surface area contributed by atoms with Crippen molar-refractivity contribution in [2.45, 2.75) is 33.0 Å². The summed E-state index contributed by atoms with van der Waals surface area (Å²) in [5.41, 5.74) is 2.13. The van der Waals surface area contributed by atoms with E-state index in [1.165, 1.54) is 0 Å². The Bertz CT molecular complexity index is 1020. The van der Waals surface area contributed by atoms with E-state index in [4.69, 9.17) is 4.74 Å². The zero-order valence-electron chi connectivity index (χ0n) is 14.6. The summed E-state index contributed by atoms with van der Waals surface area (Å²) in [5.74, 6) is 2.40. The van der Waals surface area contributed by atoms with Crippen molar-refractivity contribution in [3.63, 3.8) is 0 Å². The molecule has 0 radical (unpaired) electrons. The monoisotopic (exact) mass is 350 g/mol. The van der Waals surface area contributed by atoms with Gasteiger partial charge in [0.25, 0.3) is 5.91 Å². The molecule has 2 aliphatic rings. The second-order valence-corrected chi connectivity index (χ2v) is 6.60. The van der Waals surface area contributed by atoms with Crippen LogP contribution in [-0.2, 0) is 13.2 Å². The molecule has 3 aromatic rings. The molecule has 26 heavy (non-hydrogen) atoms. The molecule has 2 aliphatic heterocycles. The van der Waals surface area contributed by atoms with Crippen LogP contribution in [0.15, 0.2) is 30.6 Å². The summed E-state index contributed by atoms with van der Waals surface area (Å²) >= 11 is 0. The number of para-hydroxylation sites is 2. The van der Waals surface area contributed by atoms with Crippen LogP contribution in [0.2, 0.25) is 0 Å². The second-order valence-electron chi connectivity index (χ2n) is 6.60. The highest BCUT2D eigenvalue weighted by atomic mass is 16.5. The normalized spacial score (nSPS) is 17.9. The fourth-order valence-electron chi connectivity index (χ4n) is 3.76. The number of carbonyl (C=O) groups excluding carboxylic acids is 1.